The molecule has 2 aromatic rings. The predicted octanol–water partition coefficient (Wildman–Crippen LogP) is 3.03. The molecule has 4 nitrogen and oxygen atoms in total. The Labute approximate surface area is 125 Å². The molecule has 2 aromatic heterocycles. The van der Waals surface area contributed by atoms with Crippen molar-refractivity contribution in [2.75, 3.05) is 7.05 Å². The average Bonchev–Trinajstić information content (AvgIpc) is 2.99. The van der Waals surface area contributed by atoms with Crippen molar-refractivity contribution in [1.82, 2.24) is 15.6 Å². The van der Waals surface area contributed by atoms with E-state index in [0.29, 0.717) is 13.1 Å². The summed E-state index contributed by atoms with van der Waals surface area (Å²) < 4.78 is 0.804. The molecule has 0 bridgehead atoms. The van der Waals surface area contributed by atoms with E-state index in [1.807, 2.05) is 24.4 Å². The first-order valence-corrected chi connectivity index (χ1v) is 7.84. The zero-order valence-corrected chi connectivity index (χ0v) is 13.1. The van der Waals surface area contributed by atoms with Crippen LogP contribution in [0.1, 0.15) is 15.6 Å². The van der Waals surface area contributed by atoms with Crippen LogP contribution in [0.15, 0.2) is 22.5 Å². The summed E-state index contributed by atoms with van der Waals surface area (Å²) >= 11 is 9.11. The van der Waals surface area contributed by atoms with Gasteiger partial charge in [0.25, 0.3) is 0 Å². The second kappa shape index (κ2) is 6.88. The van der Waals surface area contributed by atoms with Crippen molar-refractivity contribution in [3.05, 3.63) is 37.4 Å². The van der Waals surface area contributed by atoms with Crippen molar-refractivity contribution in [2.45, 2.75) is 20.0 Å². The molecule has 2 rings (SSSR count). The second-order valence-electron chi connectivity index (χ2n) is 3.87. The van der Waals surface area contributed by atoms with Crippen molar-refractivity contribution in [1.29, 1.82) is 0 Å². The van der Waals surface area contributed by atoms with E-state index in [0.717, 1.165) is 21.0 Å². The molecule has 102 valence electrons. The summed E-state index contributed by atoms with van der Waals surface area (Å²) in [6, 6.07) is 3.91. The van der Waals surface area contributed by atoms with Gasteiger partial charge in [-0.3, -0.25) is 4.99 Å². The molecule has 2 N–H and O–H groups in total. The number of guanidine groups is 1. The van der Waals surface area contributed by atoms with Gasteiger partial charge in [-0.1, -0.05) is 11.6 Å². The summed E-state index contributed by atoms with van der Waals surface area (Å²) in [5.74, 6) is 0.761. The van der Waals surface area contributed by atoms with Crippen molar-refractivity contribution < 1.29 is 0 Å². The van der Waals surface area contributed by atoms with Gasteiger partial charge in [0.1, 0.15) is 5.01 Å². The molecule has 2 heterocycles. The zero-order chi connectivity index (χ0) is 13.7. The molecule has 0 aromatic carbocycles. The lowest BCUT2D eigenvalue weighted by Crippen LogP contribution is -2.36. The maximum absolute atomic E-state index is 5.89. The Morgan fingerprint density at radius 1 is 1.37 bits per heavy atom. The smallest absolute Gasteiger partial charge is 0.191 e. The molecule has 0 fully saturated rings. The molecule has 19 heavy (non-hydrogen) atoms. The standard InChI is InChI=1S/C12H15ClN4S2/c1-8-7-18-11(17-8)6-16-12(14-2)15-5-9-3-4-10(13)19-9/h3-4,7H,5-6H2,1-2H3,(H2,14,15,16). The molecule has 0 atom stereocenters. The van der Waals surface area contributed by atoms with Gasteiger partial charge >= 0.3 is 0 Å². The largest absolute Gasteiger partial charge is 0.352 e. The van der Waals surface area contributed by atoms with Gasteiger partial charge in [-0.15, -0.1) is 22.7 Å². The van der Waals surface area contributed by atoms with E-state index in [1.54, 1.807) is 29.7 Å². The fourth-order valence-corrected chi connectivity index (χ4v) is 3.22. The van der Waals surface area contributed by atoms with Gasteiger partial charge in [0, 0.05) is 23.0 Å². The number of hydrogen-bond acceptors (Lipinski definition) is 4. The number of aromatic nitrogens is 1. The van der Waals surface area contributed by atoms with E-state index < -0.39 is 0 Å². The molecule has 0 aliphatic rings. The highest BCUT2D eigenvalue weighted by Crippen LogP contribution is 2.20. The van der Waals surface area contributed by atoms with Gasteiger partial charge in [0.05, 0.1) is 17.4 Å². The number of thiazole rings is 1. The number of hydrogen-bond donors (Lipinski definition) is 2. The summed E-state index contributed by atoms with van der Waals surface area (Å²) in [5.41, 5.74) is 1.05. The van der Waals surface area contributed by atoms with Crippen molar-refractivity contribution in [2.24, 2.45) is 4.99 Å². The van der Waals surface area contributed by atoms with Crippen LogP contribution in [0.4, 0.5) is 0 Å². The third-order valence-corrected chi connectivity index (χ3v) is 4.55. The summed E-state index contributed by atoms with van der Waals surface area (Å²) in [6.45, 7) is 3.39. The van der Waals surface area contributed by atoms with Crippen LogP contribution in [0.2, 0.25) is 4.34 Å². The molecule has 0 radical (unpaired) electrons. The Kier molecular flexibility index (Phi) is 5.18. The zero-order valence-electron chi connectivity index (χ0n) is 10.7. The molecular weight excluding hydrogens is 300 g/mol. The van der Waals surface area contributed by atoms with Gasteiger partial charge in [0.15, 0.2) is 5.96 Å². The second-order valence-corrected chi connectivity index (χ2v) is 6.61. The number of halogens is 1. The topological polar surface area (TPSA) is 49.3 Å². The molecular formula is C12H15ClN4S2. The number of thiophene rings is 1. The van der Waals surface area contributed by atoms with E-state index in [1.165, 1.54) is 4.88 Å². The Balaban J connectivity index is 1.80. The minimum atomic E-state index is 0.684. The lowest BCUT2D eigenvalue weighted by molar-refractivity contribution is 0.809. The van der Waals surface area contributed by atoms with Gasteiger partial charge < -0.3 is 10.6 Å². The Morgan fingerprint density at radius 2 is 2.16 bits per heavy atom. The highest BCUT2D eigenvalue weighted by Gasteiger charge is 2.03. The van der Waals surface area contributed by atoms with Crippen LogP contribution >= 0.6 is 34.3 Å². The fourth-order valence-electron chi connectivity index (χ4n) is 1.48. The minimum absolute atomic E-state index is 0.684. The van der Waals surface area contributed by atoms with Crippen LogP contribution in [0, 0.1) is 6.92 Å². The number of aryl methyl sites for hydroxylation is 1. The third-order valence-electron chi connectivity index (χ3n) is 2.36. The van der Waals surface area contributed by atoms with E-state index in [4.69, 9.17) is 11.6 Å². The predicted molar refractivity (Wildman–Crippen MR) is 83.2 cm³/mol. The normalized spacial score (nSPS) is 11.6. The minimum Gasteiger partial charge on any atom is -0.352 e. The average molecular weight is 315 g/mol. The summed E-state index contributed by atoms with van der Waals surface area (Å²) in [7, 11) is 1.75. The molecule has 0 aliphatic heterocycles. The fraction of sp³-hybridized carbons (Fsp3) is 0.333. The quantitative estimate of drug-likeness (QED) is 0.673. The van der Waals surface area contributed by atoms with Crippen molar-refractivity contribution >= 4 is 40.2 Å². The lowest BCUT2D eigenvalue weighted by atomic mass is 10.4. The molecule has 0 spiro atoms. The van der Waals surface area contributed by atoms with Crippen LogP contribution in [0.3, 0.4) is 0 Å². The van der Waals surface area contributed by atoms with Crippen LogP contribution in [-0.4, -0.2) is 18.0 Å². The maximum Gasteiger partial charge on any atom is 0.191 e. The summed E-state index contributed by atoms with van der Waals surface area (Å²) in [5, 5.41) is 9.58. The monoisotopic (exact) mass is 314 g/mol. The number of nitrogens with zero attached hydrogens (tertiary/aromatic N) is 2. The van der Waals surface area contributed by atoms with Gasteiger partial charge in [-0.05, 0) is 19.1 Å². The first kappa shape index (κ1) is 14.3. The molecule has 0 amide bonds. The van der Waals surface area contributed by atoms with E-state index in [9.17, 15) is 0 Å². The van der Waals surface area contributed by atoms with E-state index in [2.05, 4.69) is 20.6 Å². The van der Waals surface area contributed by atoms with Crippen LogP contribution in [-0.2, 0) is 13.1 Å². The van der Waals surface area contributed by atoms with Crippen LogP contribution in [0.25, 0.3) is 0 Å². The van der Waals surface area contributed by atoms with E-state index >= 15 is 0 Å². The number of aliphatic imine (C=N–C) groups is 1. The van der Waals surface area contributed by atoms with Gasteiger partial charge in [-0.2, -0.15) is 0 Å². The van der Waals surface area contributed by atoms with Crippen molar-refractivity contribution in [3.8, 4) is 0 Å². The van der Waals surface area contributed by atoms with Crippen LogP contribution in [0.5, 0.6) is 0 Å². The SMILES string of the molecule is CN=C(NCc1ccc(Cl)s1)NCc1nc(C)cs1. The molecule has 0 saturated carbocycles. The number of rotatable bonds is 4. The highest BCUT2D eigenvalue weighted by molar-refractivity contribution is 7.16. The Morgan fingerprint density at radius 3 is 2.74 bits per heavy atom. The van der Waals surface area contributed by atoms with E-state index in [-0.39, 0.29) is 0 Å². The first-order valence-electron chi connectivity index (χ1n) is 5.77. The third kappa shape index (κ3) is 4.49. The maximum atomic E-state index is 5.89. The lowest BCUT2D eigenvalue weighted by Gasteiger charge is -2.09. The van der Waals surface area contributed by atoms with Crippen molar-refractivity contribution in [3.63, 3.8) is 0 Å². The summed E-state index contributed by atoms with van der Waals surface area (Å²) in [4.78, 5) is 9.75. The Bertz CT molecular complexity index is 515. The van der Waals surface area contributed by atoms with Gasteiger partial charge in [0.2, 0.25) is 0 Å². The first-order chi connectivity index (χ1) is 9.17. The summed E-state index contributed by atoms with van der Waals surface area (Å²) in [6.07, 6.45) is 0. The highest BCUT2D eigenvalue weighted by atomic mass is 35.5. The molecule has 7 heteroatoms. The molecule has 0 saturated heterocycles. The van der Waals surface area contributed by atoms with Crippen LogP contribution < -0.4 is 10.6 Å². The molecule has 0 aliphatic carbocycles. The number of nitrogens with one attached hydrogen (secondary N) is 2. The molecule has 0 unspecified atom stereocenters. The van der Waals surface area contributed by atoms with Gasteiger partial charge in [-0.25, -0.2) is 4.98 Å². The Hall–Kier alpha value is -1.11.